The van der Waals surface area contributed by atoms with E-state index in [4.69, 9.17) is 0 Å². The van der Waals surface area contributed by atoms with Gasteiger partial charge >= 0.3 is 10.4 Å². The fraction of sp³-hybridized carbons (Fsp3) is 1.00. The first kappa shape index (κ1) is 8.32. The van der Waals surface area contributed by atoms with Crippen molar-refractivity contribution in [1.82, 2.24) is 0 Å². The Kier molecular flexibility index (Phi) is 2.24. The Hall–Kier alpha value is 0.220. The average Bonchev–Trinajstić information content (AvgIpc) is 2.10. The van der Waals surface area contributed by atoms with Crippen LogP contribution in [0.1, 0.15) is 6.92 Å². The molecule has 0 spiro atoms. The van der Waals surface area contributed by atoms with Crippen LogP contribution in [0.2, 0.25) is 0 Å². The number of hydrogen-bond acceptors (Lipinski definition) is 5. The lowest BCUT2D eigenvalue weighted by Gasteiger charge is -2.06. The smallest absolute Gasteiger partial charge is 0.245 e. The van der Waals surface area contributed by atoms with Gasteiger partial charge in [-0.15, -0.1) is 0 Å². The van der Waals surface area contributed by atoms with Gasteiger partial charge in [0.25, 0.3) is 0 Å². The molecular formula is C4H8O4S2. The maximum absolute atomic E-state index is 10.5. The van der Waals surface area contributed by atoms with Crippen LogP contribution >= 0.6 is 12.6 Å². The summed E-state index contributed by atoms with van der Waals surface area (Å²) in [6, 6.07) is 0. The first-order valence-corrected chi connectivity index (χ1v) is 4.62. The lowest BCUT2D eigenvalue weighted by Crippen LogP contribution is -2.20. The standard InChI is InChI=1S/C4H8O4S2/c1-3(9)4-2-7-10(5,6)8-4/h3-4,9H,2H2,1H3. The van der Waals surface area contributed by atoms with Gasteiger partial charge in [0.1, 0.15) is 6.10 Å². The van der Waals surface area contributed by atoms with E-state index >= 15 is 0 Å². The van der Waals surface area contributed by atoms with Gasteiger partial charge in [-0.25, -0.2) is 8.37 Å². The second-order valence-electron chi connectivity index (χ2n) is 2.07. The molecule has 2 atom stereocenters. The zero-order valence-corrected chi connectivity index (χ0v) is 7.06. The third-order valence-corrected chi connectivity index (χ3v) is 2.40. The molecule has 0 N–H and O–H groups in total. The monoisotopic (exact) mass is 184 g/mol. The Morgan fingerprint density at radius 1 is 1.70 bits per heavy atom. The third kappa shape index (κ3) is 1.85. The molecule has 0 aromatic heterocycles. The molecule has 1 fully saturated rings. The molecule has 4 nitrogen and oxygen atoms in total. The van der Waals surface area contributed by atoms with Gasteiger partial charge < -0.3 is 0 Å². The summed E-state index contributed by atoms with van der Waals surface area (Å²) >= 11 is 4.00. The van der Waals surface area contributed by atoms with Crippen LogP contribution in [0, 0.1) is 0 Å². The van der Waals surface area contributed by atoms with Gasteiger partial charge in [-0.3, -0.25) is 0 Å². The normalized spacial score (nSPS) is 34.0. The molecule has 6 heteroatoms. The zero-order valence-electron chi connectivity index (χ0n) is 5.35. The Balaban J connectivity index is 2.60. The van der Waals surface area contributed by atoms with Gasteiger partial charge in [-0.1, -0.05) is 6.92 Å². The second kappa shape index (κ2) is 2.69. The molecule has 1 aliphatic heterocycles. The molecule has 1 heterocycles. The van der Waals surface area contributed by atoms with E-state index in [9.17, 15) is 8.42 Å². The van der Waals surface area contributed by atoms with Gasteiger partial charge in [-0.05, 0) is 0 Å². The van der Waals surface area contributed by atoms with Crippen molar-refractivity contribution in [2.45, 2.75) is 18.3 Å². The lowest BCUT2D eigenvalue weighted by atomic mass is 10.3. The summed E-state index contributed by atoms with van der Waals surface area (Å²) in [6.07, 6.45) is -0.437. The Morgan fingerprint density at radius 3 is 2.50 bits per heavy atom. The minimum Gasteiger partial charge on any atom is -0.245 e. The molecular weight excluding hydrogens is 176 g/mol. The molecule has 0 aromatic rings. The second-order valence-corrected chi connectivity index (χ2v) is 4.13. The fourth-order valence-electron chi connectivity index (χ4n) is 0.577. The Morgan fingerprint density at radius 2 is 2.30 bits per heavy atom. The highest BCUT2D eigenvalue weighted by atomic mass is 32.3. The van der Waals surface area contributed by atoms with Gasteiger partial charge in [0.15, 0.2) is 0 Å². The molecule has 0 amide bonds. The van der Waals surface area contributed by atoms with Gasteiger partial charge in [-0.2, -0.15) is 21.0 Å². The average molecular weight is 184 g/mol. The van der Waals surface area contributed by atoms with Crippen molar-refractivity contribution in [2.24, 2.45) is 0 Å². The van der Waals surface area contributed by atoms with E-state index in [0.29, 0.717) is 0 Å². The first-order valence-electron chi connectivity index (χ1n) is 2.77. The van der Waals surface area contributed by atoms with Gasteiger partial charge in [0.2, 0.25) is 0 Å². The summed E-state index contributed by atoms with van der Waals surface area (Å²) < 4.78 is 29.7. The van der Waals surface area contributed by atoms with Crippen LogP contribution in [0.5, 0.6) is 0 Å². The minimum atomic E-state index is -3.69. The summed E-state index contributed by atoms with van der Waals surface area (Å²) in [5.41, 5.74) is 0. The topological polar surface area (TPSA) is 52.6 Å². The Bertz CT molecular complexity index is 207. The van der Waals surface area contributed by atoms with Crippen LogP contribution in [0.3, 0.4) is 0 Å². The summed E-state index contributed by atoms with van der Waals surface area (Å²) in [6.45, 7) is 1.82. The summed E-state index contributed by atoms with van der Waals surface area (Å²) in [4.78, 5) is 0. The molecule has 1 rings (SSSR count). The minimum absolute atomic E-state index is 0.0764. The predicted octanol–water partition coefficient (Wildman–Crippen LogP) is -0.0351. The molecule has 0 radical (unpaired) electrons. The van der Waals surface area contributed by atoms with Crippen molar-refractivity contribution in [3.8, 4) is 0 Å². The third-order valence-electron chi connectivity index (χ3n) is 1.16. The molecule has 0 aromatic carbocycles. The molecule has 2 unspecified atom stereocenters. The van der Waals surface area contributed by atoms with E-state index in [1.54, 1.807) is 6.92 Å². The van der Waals surface area contributed by atoms with Crippen molar-refractivity contribution in [2.75, 3.05) is 6.61 Å². The predicted molar refractivity (Wildman–Crippen MR) is 38.2 cm³/mol. The van der Waals surface area contributed by atoms with E-state index in [-0.39, 0.29) is 11.9 Å². The zero-order chi connectivity index (χ0) is 7.78. The molecule has 10 heavy (non-hydrogen) atoms. The Labute approximate surface area is 65.3 Å². The van der Waals surface area contributed by atoms with Crippen molar-refractivity contribution in [1.29, 1.82) is 0 Å². The van der Waals surface area contributed by atoms with E-state index in [2.05, 4.69) is 21.0 Å². The first-order chi connectivity index (χ1) is 4.51. The molecule has 1 saturated heterocycles. The highest BCUT2D eigenvalue weighted by Gasteiger charge is 2.32. The highest BCUT2D eigenvalue weighted by molar-refractivity contribution is 7.82. The quantitative estimate of drug-likeness (QED) is 0.581. The van der Waals surface area contributed by atoms with E-state index in [1.807, 2.05) is 0 Å². The maximum atomic E-state index is 10.5. The van der Waals surface area contributed by atoms with Crippen molar-refractivity contribution in [3.05, 3.63) is 0 Å². The van der Waals surface area contributed by atoms with Crippen LogP contribution in [0.4, 0.5) is 0 Å². The SMILES string of the molecule is CC(S)C1COS(=O)(=O)O1. The van der Waals surface area contributed by atoms with Crippen molar-refractivity contribution < 1.29 is 16.8 Å². The van der Waals surface area contributed by atoms with Crippen LogP contribution in [0.15, 0.2) is 0 Å². The number of hydrogen-bond donors (Lipinski definition) is 1. The molecule has 0 aliphatic carbocycles. The highest BCUT2D eigenvalue weighted by Crippen LogP contribution is 2.18. The van der Waals surface area contributed by atoms with Crippen molar-refractivity contribution >= 4 is 23.0 Å². The number of rotatable bonds is 1. The molecule has 1 aliphatic rings. The van der Waals surface area contributed by atoms with Crippen LogP contribution in [-0.2, 0) is 18.8 Å². The van der Waals surface area contributed by atoms with Gasteiger partial charge in [0, 0.05) is 5.25 Å². The lowest BCUT2D eigenvalue weighted by molar-refractivity contribution is 0.237. The van der Waals surface area contributed by atoms with Crippen LogP contribution in [0.25, 0.3) is 0 Å². The number of thiol groups is 1. The van der Waals surface area contributed by atoms with Crippen LogP contribution in [-0.4, -0.2) is 26.4 Å². The maximum Gasteiger partial charge on any atom is 0.400 e. The molecule has 60 valence electrons. The van der Waals surface area contributed by atoms with E-state index < -0.39 is 16.5 Å². The fourth-order valence-corrected chi connectivity index (χ4v) is 1.69. The van der Waals surface area contributed by atoms with Crippen LogP contribution < -0.4 is 0 Å². The largest absolute Gasteiger partial charge is 0.400 e. The van der Waals surface area contributed by atoms with E-state index in [0.717, 1.165) is 0 Å². The summed E-state index contributed by atoms with van der Waals surface area (Å²) in [7, 11) is -3.69. The summed E-state index contributed by atoms with van der Waals surface area (Å²) in [5.74, 6) is 0. The molecule has 0 bridgehead atoms. The molecule has 0 saturated carbocycles. The van der Waals surface area contributed by atoms with Gasteiger partial charge in [0.05, 0.1) is 6.61 Å². The van der Waals surface area contributed by atoms with Crippen molar-refractivity contribution in [3.63, 3.8) is 0 Å². The van der Waals surface area contributed by atoms with E-state index in [1.165, 1.54) is 0 Å². The summed E-state index contributed by atoms with van der Waals surface area (Å²) in [5, 5.41) is -0.128.